The predicted molar refractivity (Wildman–Crippen MR) is 111 cm³/mol. The summed E-state index contributed by atoms with van der Waals surface area (Å²) in [4.78, 5) is 0.538. The molecule has 0 saturated carbocycles. The zero-order valence-electron chi connectivity index (χ0n) is 16.9. The van der Waals surface area contributed by atoms with Crippen LogP contribution in [0, 0.1) is 5.41 Å². The van der Waals surface area contributed by atoms with Gasteiger partial charge in [0.05, 0.1) is 29.8 Å². The van der Waals surface area contributed by atoms with Gasteiger partial charge in [-0.1, -0.05) is 45.1 Å². The Morgan fingerprint density at radius 3 is 2.46 bits per heavy atom. The highest BCUT2D eigenvalue weighted by atomic mass is 32.1. The summed E-state index contributed by atoms with van der Waals surface area (Å²) >= 11 is 5.37. The van der Waals surface area contributed by atoms with Crippen LogP contribution in [0.4, 0.5) is 0 Å². The first-order valence-electron chi connectivity index (χ1n) is 9.64. The fourth-order valence-corrected chi connectivity index (χ4v) is 3.56. The lowest BCUT2D eigenvalue weighted by Crippen LogP contribution is -2.51. The molecule has 7 unspecified atom stereocenters. The lowest BCUT2D eigenvalue weighted by Gasteiger charge is -2.32. The highest BCUT2D eigenvalue weighted by molar-refractivity contribution is 7.80. The molecule has 0 amide bonds. The van der Waals surface area contributed by atoms with Crippen molar-refractivity contribution in [3.05, 3.63) is 12.2 Å². The summed E-state index contributed by atoms with van der Waals surface area (Å²) in [7, 11) is 0. The minimum atomic E-state index is -1.33. The average Bonchev–Trinajstić information content (AvgIpc) is 2.55. The Bertz CT molecular complexity index is 511. The molecule has 1 aliphatic carbocycles. The fraction of sp³-hybridized carbons (Fsp3) is 0.842. The topological polar surface area (TPSA) is 148 Å². The molecule has 9 heteroatoms. The number of allylic oxidation sites excluding steroid dienone is 1. The number of ether oxygens (including phenoxy) is 1. The van der Waals surface area contributed by atoms with Crippen molar-refractivity contribution in [2.75, 3.05) is 6.61 Å². The number of rotatable bonds is 8. The van der Waals surface area contributed by atoms with E-state index in [1.807, 2.05) is 20.8 Å². The van der Waals surface area contributed by atoms with Crippen LogP contribution >= 0.6 is 12.2 Å². The predicted octanol–water partition coefficient (Wildman–Crippen LogP) is -0.446. The van der Waals surface area contributed by atoms with Gasteiger partial charge in [-0.25, -0.2) is 0 Å². The van der Waals surface area contributed by atoms with Crippen LogP contribution in [0.5, 0.6) is 0 Å². The van der Waals surface area contributed by atoms with Crippen molar-refractivity contribution < 1.29 is 30.3 Å². The number of aliphatic hydroxyl groups is 5. The van der Waals surface area contributed by atoms with Gasteiger partial charge in [0.15, 0.2) is 0 Å². The van der Waals surface area contributed by atoms with E-state index in [2.05, 4.69) is 5.32 Å². The number of hydrogen-bond donors (Lipinski definition) is 7. The Morgan fingerprint density at radius 1 is 1.25 bits per heavy atom. The van der Waals surface area contributed by atoms with E-state index in [0.29, 0.717) is 24.3 Å². The summed E-state index contributed by atoms with van der Waals surface area (Å²) in [5.41, 5.74) is 5.33. The van der Waals surface area contributed by atoms with E-state index in [1.54, 1.807) is 12.2 Å². The molecule has 0 aromatic carbocycles. The Labute approximate surface area is 172 Å². The lowest BCUT2D eigenvalue weighted by molar-refractivity contribution is -0.117. The molecule has 8 N–H and O–H groups in total. The molecule has 0 bridgehead atoms. The van der Waals surface area contributed by atoms with Crippen LogP contribution in [-0.2, 0) is 4.74 Å². The summed E-state index contributed by atoms with van der Waals surface area (Å²) in [6.07, 6.45) is -1.98. The molecule has 0 heterocycles. The van der Waals surface area contributed by atoms with E-state index in [4.69, 9.17) is 22.7 Å². The van der Waals surface area contributed by atoms with Crippen LogP contribution < -0.4 is 11.1 Å². The van der Waals surface area contributed by atoms with Crippen molar-refractivity contribution in [2.45, 2.75) is 89.2 Å². The van der Waals surface area contributed by atoms with Gasteiger partial charge in [0.25, 0.3) is 0 Å². The molecule has 28 heavy (non-hydrogen) atoms. The first-order chi connectivity index (χ1) is 12.9. The zero-order chi connectivity index (χ0) is 21.5. The fourth-order valence-electron chi connectivity index (χ4n) is 2.97. The molecule has 7 atom stereocenters. The molecule has 1 rings (SSSR count). The van der Waals surface area contributed by atoms with E-state index in [0.717, 1.165) is 0 Å². The largest absolute Gasteiger partial charge is 0.391 e. The van der Waals surface area contributed by atoms with Gasteiger partial charge in [-0.3, -0.25) is 0 Å². The second-order valence-electron chi connectivity index (χ2n) is 8.63. The smallest absolute Gasteiger partial charge is 0.112 e. The average molecular weight is 421 g/mol. The Hall–Kier alpha value is -0.650. The molecule has 164 valence electrons. The van der Waals surface area contributed by atoms with E-state index in [-0.39, 0.29) is 18.4 Å². The van der Waals surface area contributed by atoms with Gasteiger partial charge >= 0.3 is 0 Å². The van der Waals surface area contributed by atoms with Crippen LogP contribution in [0.15, 0.2) is 12.2 Å². The molecule has 0 aromatic heterocycles. The highest BCUT2D eigenvalue weighted by Crippen LogP contribution is 2.20. The summed E-state index contributed by atoms with van der Waals surface area (Å²) in [5.74, 6) is 0. The molecule has 0 saturated heterocycles. The number of nitrogens with one attached hydrogen (secondary N) is 1. The minimum Gasteiger partial charge on any atom is -0.391 e. The standard InChI is InChI=1S/C19H36N2O6S/c1-19(2,3)9-16(28)21-11(13(23)8-15(20)24)10-27-14-7-5-4-6-12(22)17(25)18(14)26/h5,7,11-15,17-18,22-26H,4,6,8-10,20H2,1-3H3,(H,21,28)/b7-5-. The second kappa shape index (κ2) is 11.5. The maximum atomic E-state index is 10.4. The SMILES string of the molecule is CC(C)(C)CC(=S)NC(COC1/C=C\CCC(O)C(O)C1O)C(O)CC(N)O. The van der Waals surface area contributed by atoms with E-state index in [9.17, 15) is 25.5 Å². The minimum absolute atomic E-state index is 0.0486. The third-order valence-corrected chi connectivity index (χ3v) is 4.75. The van der Waals surface area contributed by atoms with Crippen molar-refractivity contribution in [2.24, 2.45) is 11.1 Å². The quantitative estimate of drug-likeness (QED) is 0.157. The van der Waals surface area contributed by atoms with Crippen molar-refractivity contribution in [3.63, 3.8) is 0 Å². The second-order valence-corrected chi connectivity index (χ2v) is 9.13. The lowest BCUT2D eigenvalue weighted by atomic mass is 9.92. The van der Waals surface area contributed by atoms with Gasteiger partial charge in [0.1, 0.15) is 24.5 Å². The molecule has 0 radical (unpaired) electrons. The molecule has 0 fully saturated rings. The van der Waals surface area contributed by atoms with Gasteiger partial charge in [0, 0.05) is 12.8 Å². The van der Waals surface area contributed by atoms with Crippen LogP contribution in [-0.4, -0.2) is 79.9 Å². The monoisotopic (exact) mass is 420 g/mol. The molecule has 0 spiro atoms. The Kier molecular flexibility index (Phi) is 10.4. The van der Waals surface area contributed by atoms with Crippen LogP contribution in [0.3, 0.4) is 0 Å². The maximum Gasteiger partial charge on any atom is 0.112 e. The summed E-state index contributed by atoms with van der Waals surface area (Å²) in [6.45, 7) is 6.06. The van der Waals surface area contributed by atoms with Gasteiger partial charge in [-0.2, -0.15) is 0 Å². The van der Waals surface area contributed by atoms with Gasteiger partial charge in [0.2, 0.25) is 0 Å². The normalized spacial score (nSPS) is 30.6. The zero-order valence-corrected chi connectivity index (χ0v) is 17.7. The Balaban J connectivity index is 2.81. The summed E-state index contributed by atoms with van der Waals surface area (Å²) in [5, 5.41) is 53.0. The van der Waals surface area contributed by atoms with Crippen molar-refractivity contribution >= 4 is 17.2 Å². The number of hydrogen-bond acceptors (Lipinski definition) is 8. The third kappa shape index (κ3) is 9.23. The molecular formula is C19H36N2O6S. The maximum absolute atomic E-state index is 10.4. The molecule has 0 aliphatic heterocycles. The molecule has 0 aromatic rings. The van der Waals surface area contributed by atoms with Gasteiger partial charge in [-0.05, 0) is 18.3 Å². The molecule has 8 nitrogen and oxygen atoms in total. The van der Waals surface area contributed by atoms with Gasteiger partial charge < -0.3 is 41.3 Å². The van der Waals surface area contributed by atoms with E-state index >= 15 is 0 Å². The Morgan fingerprint density at radius 2 is 1.89 bits per heavy atom. The summed E-state index contributed by atoms with van der Waals surface area (Å²) in [6, 6.07) is -0.666. The molecule has 1 aliphatic rings. The summed E-state index contributed by atoms with van der Waals surface area (Å²) < 4.78 is 5.73. The van der Waals surface area contributed by atoms with Crippen LogP contribution in [0.1, 0.15) is 46.5 Å². The first kappa shape index (κ1) is 25.4. The number of aliphatic hydroxyl groups excluding tert-OH is 5. The van der Waals surface area contributed by atoms with Gasteiger partial charge in [-0.15, -0.1) is 0 Å². The van der Waals surface area contributed by atoms with E-state index in [1.165, 1.54) is 0 Å². The van der Waals surface area contributed by atoms with Crippen molar-refractivity contribution in [1.82, 2.24) is 5.32 Å². The van der Waals surface area contributed by atoms with Crippen LogP contribution in [0.2, 0.25) is 0 Å². The first-order valence-corrected chi connectivity index (χ1v) is 10.0. The van der Waals surface area contributed by atoms with Crippen molar-refractivity contribution in [1.29, 1.82) is 0 Å². The van der Waals surface area contributed by atoms with Crippen LogP contribution in [0.25, 0.3) is 0 Å². The number of thiocarbonyl (C=S) groups is 1. The number of nitrogens with two attached hydrogens (primary N) is 1. The van der Waals surface area contributed by atoms with E-state index < -0.39 is 42.8 Å². The van der Waals surface area contributed by atoms with Crippen molar-refractivity contribution in [3.8, 4) is 0 Å². The highest BCUT2D eigenvalue weighted by Gasteiger charge is 2.33. The third-order valence-electron chi connectivity index (χ3n) is 4.49. The molecular weight excluding hydrogens is 384 g/mol.